The lowest BCUT2D eigenvalue weighted by molar-refractivity contribution is -0.131. The van der Waals surface area contributed by atoms with Crippen LogP contribution in [-0.4, -0.2) is 26.0 Å². The van der Waals surface area contributed by atoms with Gasteiger partial charge in [-0.3, -0.25) is 0 Å². The first-order chi connectivity index (χ1) is 22.3. The van der Waals surface area contributed by atoms with E-state index in [0.29, 0.717) is 34.3 Å². The normalized spacial score (nSPS) is 10.6. The van der Waals surface area contributed by atoms with Crippen LogP contribution in [0.15, 0.2) is 84.9 Å². The summed E-state index contributed by atoms with van der Waals surface area (Å²) in [4.78, 5) is 25.9. The summed E-state index contributed by atoms with van der Waals surface area (Å²) in [6, 6.07) is 23.2. The fraction of sp³-hybridized carbons (Fsp3) is 0.118. The Morgan fingerprint density at radius 1 is 0.674 bits per heavy atom. The van der Waals surface area contributed by atoms with E-state index in [-0.39, 0.29) is 45.6 Å². The zero-order valence-electron chi connectivity index (χ0n) is 24.6. The number of rotatable bonds is 12. The molecule has 0 aliphatic heterocycles. The number of nitrogens with zero attached hydrogens (tertiary/aromatic N) is 2. The minimum Gasteiger partial charge on any atom is -0.452 e. The lowest BCUT2D eigenvalue weighted by Crippen LogP contribution is -2.13. The summed E-state index contributed by atoms with van der Waals surface area (Å²) in [5.74, 6) is -0.990. The third-order valence-electron chi connectivity index (χ3n) is 6.18. The molecular formula is C34H26Cl2N4O6. The Morgan fingerprint density at radius 3 is 1.46 bits per heavy atom. The number of nitriles is 2. The van der Waals surface area contributed by atoms with Crippen LogP contribution in [0.25, 0.3) is 0 Å². The van der Waals surface area contributed by atoms with Crippen molar-refractivity contribution in [2.45, 2.75) is 13.1 Å². The van der Waals surface area contributed by atoms with E-state index in [0.717, 1.165) is 12.2 Å². The molecule has 0 fully saturated rings. The third-order valence-corrected chi connectivity index (χ3v) is 6.65. The highest BCUT2D eigenvalue weighted by Gasteiger charge is 2.19. The van der Waals surface area contributed by atoms with E-state index >= 15 is 0 Å². The van der Waals surface area contributed by atoms with Crippen molar-refractivity contribution in [1.29, 1.82) is 10.5 Å². The Kier molecular flexibility index (Phi) is 11.7. The molecule has 0 saturated carbocycles. The molecule has 0 atom stereocenters. The number of esters is 2. The molecule has 0 radical (unpaired) electrons. The second kappa shape index (κ2) is 16.1. The Hall–Kier alpha value is -5.36. The van der Waals surface area contributed by atoms with Gasteiger partial charge in [0, 0.05) is 58.5 Å². The van der Waals surface area contributed by atoms with Crippen LogP contribution in [0.5, 0.6) is 34.5 Å². The highest BCUT2D eigenvalue weighted by Crippen LogP contribution is 2.38. The number of nitrogens with one attached hydrogen (secondary N) is 2. The number of carbonyl (C=O) groups is 2. The molecule has 46 heavy (non-hydrogen) atoms. The summed E-state index contributed by atoms with van der Waals surface area (Å²) < 4.78 is 23.1. The van der Waals surface area contributed by atoms with E-state index in [2.05, 4.69) is 10.6 Å². The van der Waals surface area contributed by atoms with Crippen LogP contribution < -0.4 is 29.6 Å². The summed E-state index contributed by atoms with van der Waals surface area (Å²) >= 11 is 12.2. The fourth-order valence-electron chi connectivity index (χ4n) is 4.16. The lowest BCUT2D eigenvalue weighted by Gasteiger charge is -2.16. The molecule has 10 nitrogen and oxygen atoms in total. The Balaban J connectivity index is 1.57. The monoisotopic (exact) mass is 656 g/mol. The molecule has 12 heteroatoms. The molecule has 0 heterocycles. The molecule has 0 saturated heterocycles. The number of carbonyl (C=O) groups excluding carboxylic acids is 2. The first-order valence-corrected chi connectivity index (χ1v) is 14.4. The maximum Gasteiger partial charge on any atom is 0.336 e. The highest BCUT2D eigenvalue weighted by molar-refractivity contribution is 6.31. The van der Waals surface area contributed by atoms with Gasteiger partial charge in [0.05, 0.1) is 11.1 Å². The second-order valence-corrected chi connectivity index (χ2v) is 10.3. The minimum atomic E-state index is -0.894. The van der Waals surface area contributed by atoms with Gasteiger partial charge in [-0.2, -0.15) is 10.5 Å². The largest absolute Gasteiger partial charge is 0.452 e. The molecule has 0 unspecified atom stereocenters. The number of hydrogen-bond acceptors (Lipinski definition) is 10. The predicted molar refractivity (Wildman–Crippen MR) is 171 cm³/mol. The summed E-state index contributed by atoms with van der Waals surface area (Å²) in [5, 5.41) is 25.7. The van der Waals surface area contributed by atoms with Crippen LogP contribution >= 0.6 is 23.2 Å². The van der Waals surface area contributed by atoms with Crippen molar-refractivity contribution in [2.75, 3.05) is 14.1 Å². The van der Waals surface area contributed by atoms with E-state index in [1.54, 1.807) is 62.6 Å². The molecular weight excluding hydrogens is 631 g/mol. The minimum absolute atomic E-state index is 0.0774. The SMILES string of the molecule is CNCc1cccc(Oc2cc(Cl)ccc2C#N)c1OC(=O)/C=C/C(=O)Oc1c(CNC)cccc1Oc1cc(Cl)ccc1C#N. The topological polar surface area (TPSA) is 143 Å². The zero-order chi connectivity index (χ0) is 33.1. The van der Waals surface area contributed by atoms with E-state index < -0.39 is 11.9 Å². The van der Waals surface area contributed by atoms with Crippen molar-refractivity contribution in [3.63, 3.8) is 0 Å². The molecule has 4 aromatic carbocycles. The molecule has 4 rings (SSSR count). The van der Waals surface area contributed by atoms with Crippen LogP contribution in [0.1, 0.15) is 22.3 Å². The van der Waals surface area contributed by atoms with Crippen molar-refractivity contribution in [3.8, 4) is 46.6 Å². The summed E-state index contributed by atoms with van der Waals surface area (Å²) in [6.45, 7) is 0.634. The maximum absolute atomic E-state index is 12.9. The van der Waals surface area contributed by atoms with Gasteiger partial charge < -0.3 is 29.6 Å². The quantitative estimate of drug-likeness (QED) is 0.0946. The van der Waals surface area contributed by atoms with Gasteiger partial charge in [-0.1, -0.05) is 47.5 Å². The van der Waals surface area contributed by atoms with Crippen molar-refractivity contribution >= 4 is 35.1 Å². The van der Waals surface area contributed by atoms with Gasteiger partial charge in [-0.25, -0.2) is 9.59 Å². The molecule has 0 aliphatic carbocycles. The smallest absolute Gasteiger partial charge is 0.336 e. The maximum atomic E-state index is 12.9. The van der Waals surface area contributed by atoms with Crippen LogP contribution in [0.4, 0.5) is 0 Å². The first kappa shape index (κ1) is 33.5. The predicted octanol–water partition coefficient (Wildman–Crippen LogP) is 6.83. The lowest BCUT2D eigenvalue weighted by atomic mass is 10.1. The molecule has 0 aromatic heterocycles. The molecule has 0 bridgehead atoms. The number of benzene rings is 4. The molecule has 0 aliphatic rings. The Bertz CT molecular complexity index is 1750. The molecule has 2 N–H and O–H groups in total. The van der Waals surface area contributed by atoms with E-state index in [1.165, 1.54) is 24.3 Å². The molecule has 232 valence electrons. The molecule has 4 aromatic rings. The fourth-order valence-corrected chi connectivity index (χ4v) is 4.49. The van der Waals surface area contributed by atoms with Gasteiger partial charge in [0.1, 0.15) is 23.6 Å². The number of hydrogen-bond donors (Lipinski definition) is 2. The van der Waals surface area contributed by atoms with Crippen LogP contribution in [0.3, 0.4) is 0 Å². The number of halogens is 2. The first-order valence-electron chi connectivity index (χ1n) is 13.7. The summed E-state index contributed by atoms with van der Waals surface area (Å²) in [7, 11) is 3.44. The summed E-state index contributed by atoms with van der Waals surface area (Å²) in [5.41, 5.74) is 1.60. The van der Waals surface area contributed by atoms with Crippen molar-refractivity contribution in [2.24, 2.45) is 0 Å². The van der Waals surface area contributed by atoms with Gasteiger partial charge in [0.25, 0.3) is 0 Å². The average molecular weight is 658 g/mol. The third kappa shape index (κ3) is 8.63. The van der Waals surface area contributed by atoms with Gasteiger partial charge in [0.15, 0.2) is 23.0 Å². The number of ether oxygens (including phenoxy) is 4. The molecule has 0 amide bonds. The highest BCUT2D eigenvalue weighted by atomic mass is 35.5. The van der Waals surface area contributed by atoms with E-state index in [9.17, 15) is 20.1 Å². The summed E-state index contributed by atoms with van der Waals surface area (Å²) in [6.07, 6.45) is 1.82. The second-order valence-electron chi connectivity index (χ2n) is 9.43. The van der Waals surface area contributed by atoms with Gasteiger partial charge in [-0.15, -0.1) is 0 Å². The van der Waals surface area contributed by atoms with Crippen LogP contribution in [0, 0.1) is 22.7 Å². The standard InChI is InChI=1S/C34H26Cl2N4O6/c1-39-19-23-5-3-7-27(43-29-15-25(35)11-9-21(29)17-37)33(23)45-31(41)13-14-32(42)46-34-24(20-40-2)6-4-8-28(34)44-30-16-26(36)12-10-22(30)18-38/h3-16,39-40H,19-20H2,1-2H3/b14-13+. The van der Waals surface area contributed by atoms with Gasteiger partial charge in [-0.05, 0) is 50.5 Å². The van der Waals surface area contributed by atoms with Crippen molar-refractivity contribution in [1.82, 2.24) is 10.6 Å². The average Bonchev–Trinajstić information content (AvgIpc) is 3.03. The number of para-hydroxylation sites is 2. The van der Waals surface area contributed by atoms with Crippen molar-refractivity contribution < 1.29 is 28.5 Å². The van der Waals surface area contributed by atoms with Crippen LogP contribution in [0.2, 0.25) is 10.0 Å². The van der Waals surface area contributed by atoms with Crippen LogP contribution in [-0.2, 0) is 22.7 Å². The van der Waals surface area contributed by atoms with E-state index in [1.807, 2.05) is 12.1 Å². The zero-order valence-corrected chi connectivity index (χ0v) is 26.1. The molecule has 0 spiro atoms. The Labute approximate surface area is 275 Å². The van der Waals surface area contributed by atoms with Gasteiger partial charge in [0.2, 0.25) is 0 Å². The van der Waals surface area contributed by atoms with E-state index in [4.69, 9.17) is 42.1 Å². The van der Waals surface area contributed by atoms with Gasteiger partial charge >= 0.3 is 11.9 Å². The van der Waals surface area contributed by atoms with Crippen molar-refractivity contribution in [3.05, 3.63) is 117 Å². The Morgan fingerprint density at radius 2 is 1.09 bits per heavy atom.